The zero-order valence-corrected chi connectivity index (χ0v) is 20.7. The van der Waals surface area contributed by atoms with E-state index in [4.69, 9.17) is 0 Å². The topological polar surface area (TPSA) is 19.4 Å². The van der Waals surface area contributed by atoms with Crippen molar-refractivity contribution < 1.29 is 0 Å². The third-order valence-corrected chi connectivity index (χ3v) is 6.20. The molecule has 0 unspecified atom stereocenters. The van der Waals surface area contributed by atoms with Crippen molar-refractivity contribution in [2.75, 3.05) is 114 Å². The number of rotatable bonds is 0. The maximum Gasteiger partial charge on any atom is 0.0500 e. The van der Waals surface area contributed by atoms with Crippen molar-refractivity contribution in [3.8, 4) is 0 Å². The molecule has 0 aromatic carbocycles. The Morgan fingerprint density at radius 2 is 0.552 bits per heavy atom. The summed E-state index contributed by atoms with van der Waals surface area (Å²) in [4.78, 5) is 14.1. The zero-order valence-electron chi connectivity index (χ0n) is 20.7. The Labute approximate surface area is 182 Å². The van der Waals surface area contributed by atoms with Crippen LogP contribution in [0.5, 0.6) is 0 Å². The highest BCUT2D eigenvalue weighted by Crippen LogP contribution is 2.04. The molecule has 4 aliphatic rings. The highest BCUT2D eigenvalue weighted by atomic mass is 15.3. The average Bonchev–Trinajstić information content (AvgIpc) is 3.17. The molecule has 4 fully saturated rings. The molecule has 4 heterocycles. The number of piperidine rings is 1. The van der Waals surface area contributed by atoms with Crippen LogP contribution in [-0.2, 0) is 0 Å². The Balaban J connectivity index is 0.000000194. The number of hydrogen-bond donors (Lipinski definition) is 0. The summed E-state index contributed by atoms with van der Waals surface area (Å²) in [5, 5.41) is 0. The number of nitrogens with zero attached hydrogens (tertiary/aromatic N) is 6. The fourth-order valence-corrected chi connectivity index (χ4v) is 4.00. The second-order valence-corrected chi connectivity index (χ2v) is 9.64. The van der Waals surface area contributed by atoms with Gasteiger partial charge in [-0.15, -0.1) is 0 Å². The molecule has 174 valence electrons. The molecule has 0 radical (unpaired) electrons. The van der Waals surface area contributed by atoms with E-state index in [1.165, 1.54) is 104 Å². The Kier molecular flexibility index (Phi) is 15.2. The molecule has 6 nitrogen and oxygen atoms in total. The van der Waals surface area contributed by atoms with Crippen LogP contribution in [0.25, 0.3) is 0 Å². The predicted molar refractivity (Wildman–Crippen MR) is 128 cm³/mol. The first-order valence-electron chi connectivity index (χ1n) is 12.0. The van der Waals surface area contributed by atoms with Gasteiger partial charge in [-0.05, 0) is 101 Å². The number of likely N-dealkylation sites (tertiary alicyclic amines) is 2. The SMILES string of the molecule is CN1CCCC1.CN1CCCCC1.CN1CCCN(C)C1.CN1CCN(C)CC1. The molecule has 0 atom stereocenters. The summed E-state index contributed by atoms with van der Waals surface area (Å²) in [6.07, 6.45) is 8.43. The lowest BCUT2D eigenvalue weighted by Crippen LogP contribution is -2.42. The second kappa shape index (κ2) is 16.5. The Hall–Kier alpha value is -0.240. The molecule has 0 aromatic rings. The van der Waals surface area contributed by atoms with Gasteiger partial charge >= 0.3 is 0 Å². The van der Waals surface area contributed by atoms with Gasteiger partial charge in [-0.3, -0.25) is 9.80 Å². The largest absolute Gasteiger partial charge is 0.306 e. The van der Waals surface area contributed by atoms with Crippen molar-refractivity contribution in [2.45, 2.75) is 38.5 Å². The second-order valence-electron chi connectivity index (χ2n) is 9.64. The van der Waals surface area contributed by atoms with E-state index in [9.17, 15) is 0 Å². The van der Waals surface area contributed by atoms with Gasteiger partial charge < -0.3 is 19.6 Å². The van der Waals surface area contributed by atoms with Crippen LogP contribution in [0.3, 0.4) is 0 Å². The first-order valence-corrected chi connectivity index (χ1v) is 12.0. The molecular formula is C23H52N6. The van der Waals surface area contributed by atoms with Crippen LogP contribution in [0.4, 0.5) is 0 Å². The van der Waals surface area contributed by atoms with Gasteiger partial charge in [0.25, 0.3) is 0 Å². The highest BCUT2D eigenvalue weighted by Gasteiger charge is 2.08. The van der Waals surface area contributed by atoms with E-state index in [2.05, 4.69) is 71.7 Å². The van der Waals surface area contributed by atoms with Crippen molar-refractivity contribution in [1.29, 1.82) is 0 Å². The van der Waals surface area contributed by atoms with Crippen LogP contribution in [0, 0.1) is 0 Å². The molecule has 0 amide bonds. The van der Waals surface area contributed by atoms with E-state index in [0.29, 0.717) is 0 Å². The van der Waals surface area contributed by atoms with Crippen LogP contribution in [-0.4, -0.2) is 144 Å². The molecule has 4 saturated heterocycles. The van der Waals surface area contributed by atoms with Gasteiger partial charge in [-0.1, -0.05) is 6.42 Å². The molecule has 0 saturated carbocycles. The minimum atomic E-state index is 1.14. The number of likely N-dealkylation sites (N-methyl/N-ethyl adjacent to an activating group) is 2. The normalized spacial score (nSPS) is 25.9. The lowest BCUT2D eigenvalue weighted by Gasteiger charge is -2.29. The number of hydrogen-bond acceptors (Lipinski definition) is 6. The maximum absolute atomic E-state index is 2.39. The van der Waals surface area contributed by atoms with E-state index in [0.717, 1.165) is 6.67 Å². The van der Waals surface area contributed by atoms with Gasteiger partial charge in [-0.25, -0.2) is 0 Å². The average molecular weight is 413 g/mol. The van der Waals surface area contributed by atoms with E-state index < -0.39 is 0 Å². The van der Waals surface area contributed by atoms with Gasteiger partial charge in [0, 0.05) is 39.3 Å². The van der Waals surface area contributed by atoms with Crippen molar-refractivity contribution in [2.24, 2.45) is 0 Å². The summed E-state index contributed by atoms with van der Waals surface area (Å²) in [5.74, 6) is 0. The van der Waals surface area contributed by atoms with Crippen LogP contribution in [0.15, 0.2) is 0 Å². The summed E-state index contributed by atoms with van der Waals surface area (Å²) in [6, 6.07) is 0. The molecule has 0 aliphatic carbocycles. The zero-order chi connectivity index (χ0) is 21.5. The lowest BCUT2D eigenvalue weighted by atomic mass is 10.1. The van der Waals surface area contributed by atoms with Crippen molar-refractivity contribution in [1.82, 2.24) is 29.4 Å². The summed E-state index contributed by atoms with van der Waals surface area (Å²) in [6.45, 7) is 13.9. The van der Waals surface area contributed by atoms with E-state index in [1.807, 2.05) is 0 Å². The third-order valence-electron chi connectivity index (χ3n) is 6.20. The molecule has 0 N–H and O–H groups in total. The summed E-state index contributed by atoms with van der Waals surface area (Å²) in [5.41, 5.74) is 0. The monoisotopic (exact) mass is 412 g/mol. The number of piperazine rings is 1. The van der Waals surface area contributed by atoms with E-state index in [-0.39, 0.29) is 0 Å². The van der Waals surface area contributed by atoms with Crippen LogP contribution in [0.1, 0.15) is 38.5 Å². The highest BCUT2D eigenvalue weighted by molar-refractivity contribution is 4.64. The van der Waals surface area contributed by atoms with E-state index in [1.54, 1.807) is 0 Å². The van der Waals surface area contributed by atoms with Crippen molar-refractivity contribution in [3.63, 3.8) is 0 Å². The fourth-order valence-electron chi connectivity index (χ4n) is 4.00. The minimum absolute atomic E-state index is 1.14. The Bertz CT molecular complexity index is 342. The van der Waals surface area contributed by atoms with Gasteiger partial charge in [0.15, 0.2) is 0 Å². The third kappa shape index (κ3) is 15.2. The summed E-state index contributed by atoms with van der Waals surface area (Å²) in [7, 11) is 13.0. The van der Waals surface area contributed by atoms with Crippen molar-refractivity contribution >= 4 is 0 Å². The van der Waals surface area contributed by atoms with Gasteiger partial charge in [0.2, 0.25) is 0 Å². The molecule has 4 rings (SSSR count). The molecule has 0 bridgehead atoms. The standard InChI is InChI=1S/2C6H14N2.C6H13N.C5H11N/c1-7-3-5-8(2)6-4-7;1-7-4-3-5-8(2)6-7;1-7-5-3-2-4-6-7;1-6-4-2-3-5-6/h2*3-6H2,1-2H3;2-6H2,1H3;2-5H2,1H3. The molecular weight excluding hydrogens is 360 g/mol. The van der Waals surface area contributed by atoms with Crippen molar-refractivity contribution in [3.05, 3.63) is 0 Å². The lowest BCUT2D eigenvalue weighted by molar-refractivity contribution is 0.133. The molecule has 29 heavy (non-hydrogen) atoms. The minimum Gasteiger partial charge on any atom is -0.306 e. The first kappa shape index (κ1) is 26.8. The Morgan fingerprint density at radius 3 is 0.759 bits per heavy atom. The first-order chi connectivity index (χ1) is 13.9. The Morgan fingerprint density at radius 1 is 0.276 bits per heavy atom. The molecule has 4 aliphatic heterocycles. The van der Waals surface area contributed by atoms with E-state index >= 15 is 0 Å². The fraction of sp³-hybridized carbons (Fsp3) is 1.00. The summed E-state index contributed by atoms with van der Waals surface area (Å²) < 4.78 is 0. The smallest absolute Gasteiger partial charge is 0.0500 e. The van der Waals surface area contributed by atoms with Crippen LogP contribution in [0.2, 0.25) is 0 Å². The van der Waals surface area contributed by atoms with Gasteiger partial charge in [0.05, 0.1) is 6.67 Å². The quantitative estimate of drug-likeness (QED) is 0.601. The summed E-state index contributed by atoms with van der Waals surface area (Å²) >= 11 is 0. The van der Waals surface area contributed by atoms with Gasteiger partial charge in [0.1, 0.15) is 0 Å². The molecule has 6 heteroatoms. The molecule has 0 aromatic heterocycles. The maximum atomic E-state index is 2.39. The van der Waals surface area contributed by atoms with Gasteiger partial charge in [-0.2, -0.15) is 0 Å². The molecule has 0 spiro atoms. The van der Waals surface area contributed by atoms with Crippen LogP contribution >= 0.6 is 0 Å². The predicted octanol–water partition coefficient (Wildman–Crippen LogP) is 1.89. The van der Waals surface area contributed by atoms with Crippen LogP contribution < -0.4 is 0 Å².